The highest BCUT2D eigenvalue weighted by Gasteiger charge is 2.30. The number of piperidine rings is 1. The van der Waals surface area contributed by atoms with Gasteiger partial charge in [-0.3, -0.25) is 9.59 Å². The number of hydrogen-bond acceptors (Lipinski definition) is 5. The van der Waals surface area contributed by atoms with Gasteiger partial charge in [0.2, 0.25) is 5.91 Å². The molecule has 1 aromatic carbocycles. The predicted octanol–water partition coefficient (Wildman–Crippen LogP) is 1.94. The van der Waals surface area contributed by atoms with Crippen molar-refractivity contribution in [3.63, 3.8) is 0 Å². The molecule has 2 aliphatic rings. The van der Waals surface area contributed by atoms with Gasteiger partial charge >= 0.3 is 0 Å². The SMILES string of the molecule is COc1cc(OC)cc(C(=O)N2CCC(C(=O)NC3CCC(N)CC3)CC2)c1. The zero-order valence-corrected chi connectivity index (χ0v) is 16.8. The second-order valence-electron chi connectivity index (χ2n) is 7.79. The third-order valence-corrected chi connectivity index (χ3v) is 5.87. The minimum absolute atomic E-state index is 0.0282. The molecular weight excluding hydrogens is 358 g/mol. The molecule has 0 unspecified atom stereocenters. The molecule has 154 valence electrons. The lowest BCUT2D eigenvalue weighted by molar-refractivity contribution is -0.127. The molecule has 1 heterocycles. The summed E-state index contributed by atoms with van der Waals surface area (Å²) in [5.74, 6) is 1.21. The molecule has 0 aromatic heterocycles. The van der Waals surface area contributed by atoms with Crippen molar-refractivity contribution in [3.8, 4) is 11.5 Å². The number of likely N-dealkylation sites (tertiary alicyclic amines) is 1. The summed E-state index contributed by atoms with van der Waals surface area (Å²) in [6, 6.07) is 5.70. The highest BCUT2D eigenvalue weighted by atomic mass is 16.5. The number of methoxy groups -OCH3 is 2. The number of ether oxygens (including phenoxy) is 2. The van der Waals surface area contributed by atoms with Crippen molar-refractivity contribution in [2.45, 2.75) is 50.6 Å². The van der Waals surface area contributed by atoms with E-state index in [0.717, 1.165) is 25.7 Å². The zero-order chi connectivity index (χ0) is 20.1. The summed E-state index contributed by atoms with van der Waals surface area (Å²) in [4.78, 5) is 27.2. The van der Waals surface area contributed by atoms with Crippen LogP contribution in [0.3, 0.4) is 0 Å². The number of nitrogens with zero attached hydrogens (tertiary/aromatic N) is 1. The third kappa shape index (κ3) is 4.95. The molecule has 0 atom stereocenters. The molecule has 2 amide bonds. The van der Waals surface area contributed by atoms with Gasteiger partial charge < -0.3 is 25.4 Å². The van der Waals surface area contributed by atoms with Crippen molar-refractivity contribution >= 4 is 11.8 Å². The number of nitrogens with two attached hydrogens (primary N) is 1. The Kier molecular flexibility index (Phi) is 6.78. The van der Waals surface area contributed by atoms with Gasteiger partial charge in [0, 0.05) is 42.7 Å². The first-order valence-electron chi connectivity index (χ1n) is 10.1. The van der Waals surface area contributed by atoms with Crippen molar-refractivity contribution in [1.82, 2.24) is 10.2 Å². The van der Waals surface area contributed by atoms with E-state index in [-0.39, 0.29) is 29.8 Å². The topological polar surface area (TPSA) is 93.9 Å². The Morgan fingerprint density at radius 3 is 2.07 bits per heavy atom. The summed E-state index contributed by atoms with van der Waals surface area (Å²) in [6.45, 7) is 1.15. The van der Waals surface area contributed by atoms with Gasteiger partial charge in [-0.05, 0) is 50.7 Å². The zero-order valence-electron chi connectivity index (χ0n) is 16.8. The molecule has 28 heavy (non-hydrogen) atoms. The number of rotatable bonds is 5. The van der Waals surface area contributed by atoms with Crippen molar-refractivity contribution in [1.29, 1.82) is 0 Å². The van der Waals surface area contributed by atoms with Gasteiger partial charge in [-0.2, -0.15) is 0 Å². The maximum absolute atomic E-state index is 12.9. The standard InChI is InChI=1S/C21H31N3O4/c1-27-18-11-15(12-19(13-18)28-2)21(26)24-9-7-14(8-10-24)20(25)23-17-5-3-16(22)4-6-17/h11-14,16-17H,3-10,22H2,1-2H3,(H,23,25). The lowest BCUT2D eigenvalue weighted by Gasteiger charge is -2.33. The molecule has 3 rings (SSSR count). The molecule has 2 fully saturated rings. The summed E-state index contributed by atoms with van der Waals surface area (Å²) in [5.41, 5.74) is 6.47. The maximum Gasteiger partial charge on any atom is 0.254 e. The van der Waals surface area contributed by atoms with E-state index in [4.69, 9.17) is 15.2 Å². The van der Waals surface area contributed by atoms with Crippen LogP contribution in [0, 0.1) is 5.92 Å². The predicted molar refractivity (Wildman–Crippen MR) is 107 cm³/mol. The fourth-order valence-electron chi connectivity index (χ4n) is 4.04. The summed E-state index contributed by atoms with van der Waals surface area (Å²) in [7, 11) is 3.13. The van der Waals surface area contributed by atoms with E-state index >= 15 is 0 Å². The molecule has 0 bridgehead atoms. The van der Waals surface area contributed by atoms with Crippen LogP contribution < -0.4 is 20.5 Å². The van der Waals surface area contributed by atoms with Gasteiger partial charge in [0.25, 0.3) is 5.91 Å². The van der Waals surface area contributed by atoms with E-state index in [2.05, 4.69) is 5.32 Å². The number of carbonyl (C=O) groups excluding carboxylic acids is 2. The van der Waals surface area contributed by atoms with Crippen molar-refractivity contribution in [2.75, 3.05) is 27.3 Å². The minimum Gasteiger partial charge on any atom is -0.497 e. The molecule has 1 aliphatic heterocycles. The molecule has 1 saturated heterocycles. The van der Waals surface area contributed by atoms with Crippen LogP contribution >= 0.6 is 0 Å². The minimum atomic E-state index is -0.0580. The molecule has 0 radical (unpaired) electrons. The number of benzene rings is 1. The number of carbonyl (C=O) groups is 2. The molecule has 1 saturated carbocycles. The largest absolute Gasteiger partial charge is 0.497 e. The Bertz CT molecular complexity index is 671. The lowest BCUT2D eigenvalue weighted by atomic mass is 9.90. The Balaban J connectivity index is 1.53. The van der Waals surface area contributed by atoms with E-state index in [9.17, 15) is 9.59 Å². The van der Waals surface area contributed by atoms with Crippen LogP contribution in [0.25, 0.3) is 0 Å². The Labute approximate surface area is 166 Å². The fourth-order valence-corrected chi connectivity index (χ4v) is 4.04. The van der Waals surface area contributed by atoms with Crippen LogP contribution in [0.2, 0.25) is 0 Å². The highest BCUT2D eigenvalue weighted by molar-refractivity contribution is 5.95. The number of hydrogen-bond donors (Lipinski definition) is 2. The molecule has 7 nitrogen and oxygen atoms in total. The van der Waals surface area contributed by atoms with Gasteiger partial charge in [0.15, 0.2) is 0 Å². The van der Waals surface area contributed by atoms with Crippen LogP contribution in [-0.4, -0.2) is 56.1 Å². The first kappa shape index (κ1) is 20.5. The van der Waals surface area contributed by atoms with Crippen molar-refractivity contribution in [3.05, 3.63) is 23.8 Å². The van der Waals surface area contributed by atoms with E-state index < -0.39 is 0 Å². The molecule has 0 spiro atoms. The summed E-state index contributed by atoms with van der Waals surface area (Å²) in [6.07, 6.45) is 5.24. The van der Waals surface area contributed by atoms with Crippen molar-refractivity contribution < 1.29 is 19.1 Å². The van der Waals surface area contributed by atoms with Crippen LogP contribution in [0.4, 0.5) is 0 Å². The monoisotopic (exact) mass is 389 g/mol. The fraction of sp³-hybridized carbons (Fsp3) is 0.619. The second-order valence-corrected chi connectivity index (χ2v) is 7.79. The molecule has 7 heteroatoms. The van der Waals surface area contributed by atoms with Crippen molar-refractivity contribution in [2.24, 2.45) is 11.7 Å². The lowest BCUT2D eigenvalue weighted by Crippen LogP contribution is -2.46. The summed E-state index contributed by atoms with van der Waals surface area (Å²) < 4.78 is 10.5. The average molecular weight is 389 g/mol. The first-order chi connectivity index (χ1) is 13.5. The normalized spacial score (nSPS) is 23.2. The van der Waals surface area contributed by atoms with E-state index in [1.807, 2.05) is 0 Å². The van der Waals surface area contributed by atoms with Gasteiger partial charge in [-0.15, -0.1) is 0 Å². The maximum atomic E-state index is 12.9. The van der Waals surface area contributed by atoms with E-state index in [0.29, 0.717) is 43.0 Å². The third-order valence-electron chi connectivity index (χ3n) is 5.87. The van der Waals surface area contributed by atoms with Crippen LogP contribution in [0.15, 0.2) is 18.2 Å². The summed E-state index contributed by atoms with van der Waals surface area (Å²) >= 11 is 0. The van der Waals surface area contributed by atoms with Gasteiger partial charge in [-0.25, -0.2) is 0 Å². The van der Waals surface area contributed by atoms with Gasteiger partial charge in [0.1, 0.15) is 11.5 Å². The van der Waals surface area contributed by atoms with Gasteiger partial charge in [0.05, 0.1) is 14.2 Å². The molecule has 1 aromatic rings. The average Bonchev–Trinajstić information content (AvgIpc) is 2.74. The first-order valence-corrected chi connectivity index (χ1v) is 10.1. The van der Waals surface area contributed by atoms with Crippen LogP contribution in [0.5, 0.6) is 11.5 Å². The highest BCUT2D eigenvalue weighted by Crippen LogP contribution is 2.26. The van der Waals surface area contributed by atoms with Gasteiger partial charge in [-0.1, -0.05) is 0 Å². The van der Waals surface area contributed by atoms with Crippen LogP contribution in [0.1, 0.15) is 48.9 Å². The molecular formula is C21H31N3O4. The summed E-state index contributed by atoms with van der Waals surface area (Å²) in [5, 5.41) is 3.18. The molecule has 3 N–H and O–H groups in total. The van der Waals surface area contributed by atoms with Crippen LogP contribution in [-0.2, 0) is 4.79 Å². The Morgan fingerprint density at radius 1 is 0.964 bits per heavy atom. The Morgan fingerprint density at radius 2 is 1.54 bits per heavy atom. The quantitative estimate of drug-likeness (QED) is 0.803. The van der Waals surface area contributed by atoms with E-state index in [1.54, 1.807) is 37.3 Å². The Hall–Kier alpha value is -2.28. The smallest absolute Gasteiger partial charge is 0.254 e. The second kappa shape index (κ2) is 9.28. The molecule has 1 aliphatic carbocycles. The van der Waals surface area contributed by atoms with E-state index in [1.165, 1.54) is 0 Å². The number of nitrogens with one attached hydrogen (secondary N) is 1. The number of amides is 2.